The largest absolute Gasteiger partial charge is 0.355 e. The molecule has 5 rings (SSSR count). The van der Waals surface area contributed by atoms with E-state index in [1.54, 1.807) is 29.2 Å². The number of nitrogens with zero attached hydrogens (tertiary/aromatic N) is 4. The second-order valence-corrected chi connectivity index (χ2v) is 8.47. The fourth-order valence-corrected chi connectivity index (χ4v) is 4.78. The first-order valence-corrected chi connectivity index (χ1v) is 10.9. The molecule has 0 saturated carbocycles. The monoisotopic (exact) mass is 434 g/mol. The average molecular weight is 434 g/mol. The summed E-state index contributed by atoms with van der Waals surface area (Å²) in [5.41, 5.74) is 1.62. The van der Waals surface area contributed by atoms with E-state index in [0.29, 0.717) is 35.1 Å². The molecule has 1 saturated heterocycles. The number of carbonyl (C=O) groups excluding carboxylic acids is 1. The lowest BCUT2D eigenvalue weighted by molar-refractivity contribution is 0.0696. The second-order valence-electron chi connectivity index (χ2n) is 7.46. The number of benzene rings is 2. The zero-order valence-electron chi connectivity index (χ0n) is 16.6. The number of hydrogen-bond acceptors (Lipinski definition) is 6. The molecule has 0 aliphatic carbocycles. The molecule has 1 aliphatic rings. The molecule has 3 heterocycles. The van der Waals surface area contributed by atoms with Crippen LogP contribution in [0.15, 0.2) is 65.2 Å². The lowest BCUT2D eigenvalue weighted by Crippen LogP contribution is -2.39. The van der Waals surface area contributed by atoms with Gasteiger partial charge in [0.25, 0.3) is 5.91 Å². The van der Waals surface area contributed by atoms with Crippen molar-refractivity contribution >= 4 is 17.2 Å². The predicted octanol–water partition coefficient (Wildman–Crippen LogP) is 5.02. The molecule has 0 unspecified atom stereocenters. The molecular formula is C23H19FN4O2S. The SMILES string of the molecule is O=C(c1cc(-c2ccccc2)on1)N1CCC[C@H](c2nnc(-c3ccccc3F)s2)C1. The first-order chi connectivity index (χ1) is 15.2. The van der Waals surface area contributed by atoms with Gasteiger partial charge in [0.2, 0.25) is 0 Å². The van der Waals surface area contributed by atoms with E-state index in [9.17, 15) is 9.18 Å². The minimum Gasteiger partial charge on any atom is -0.355 e. The first kappa shape index (κ1) is 19.6. The number of likely N-dealkylation sites (tertiary alicyclic amines) is 1. The lowest BCUT2D eigenvalue weighted by Gasteiger charge is -2.30. The molecule has 4 aromatic rings. The van der Waals surface area contributed by atoms with Gasteiger partial charge in [0.1, 0.15) is 10.8 Å². The molecule has 2 aromatic carbocycles. The number of rotatable bonds is 4. The van der Waals surface area contributed by atoms with Crippen molar-refractivity contribution in [1.82, 2.24) is 20.3 Å². The van der Waals surface area contributed by atoms with Gasteiger partial charge in [-0.25, -0.2) is 4.39 Å². The number of hydrogen-bond donors (Lipinski definition) is 0. The predicted molar refractivity (Wildman–Crippen MR) is 115 cm³/mol. The molecular weight excluding hydrogens is 415 g/mol. The van der Waals surface area contributed by atoms with Gasteiger partial charge in [-0.05, 0) is 25.0 Å². The Balaban J connectivity index is 1.31. The summed E-state index contributed by atoms with van der Waals surface area (Å²) in [7, 11) is 0. The van der Waals surface area contributed by atoms with Crippen molar-refractivity contribution in [2.75, 3.05) is 13.1 Å². The number of piperidine rings is 1. The van der Waals surface area contributed by atoms with Crippen LogP contribution >= 0.6 is 11.3 Å². The molecule has 2 aromatic heterocycles. The van der Waals surface area contributed by atoms with Crippen LogP contribution in [0, 0.1) is 5.82 Å². The van der Waals surface area contributed by atoms with Gasteiger partial charge in [0.15, 0.2) is 16.5 Å². The maximum Gasteiger partial charge on any atom is 0.276 e. The van der Waals surface area contributed by atoms with Gasteiger partial charge in [-0.3, -0.25) is 4.79 Å². The topological polar surface area (TPSA) is 72.1 Å². The van der Waals surface area contributed by atoms with Gasteiger partial charge < -0.3 is 9.42 Å². The smallest absolute Gasteiger partial charge is 0.276 e. The van der Waals surface area contributed by atoms with Crippen molar-refractivity contribution < 1.29 is 13.7 Å². The maximum absolute atomic E-state index is 14.1. The van der Waals surface area contributed by atoms with Crippen LogP contribution in [0.5, 0.6) is 0 Å². The van der Waals surface area contributed by atoms with Crippen LogP contribution in [-0.2, 0) is 0 Å². The van der Waals surface area contributed by atoms with E-state index in [1.807, 2.05) is 30.3 Å². The van der Waals surface area contributed by atoms with Crippen LogP contribution in [0.3, 0.4) is 0 Å². The van der Waals surface area contributed by atoms with Crippen molar-refractivity contribution in [3.05, 3.63) is 77.2 Å². The molecule has 1 amide bonds. The molecule has 156 valence electrons. The molecule has 1 aliphatic heterocycles. The number of halogens is 1. The molecule has 6 nitrogen and oxygen atoms in total. The number of amides is 1. The average Bonchev–Trinajstić information content (AvgIpc) is 3.50. The molecule has 0 bridgehead atoms. The molecule has 0 N–H and O–H groups in total. The zero-order valence-corrected chi connectivity index (χ0v) is 17.4. The standard InChI is InChI=1S/C23H19FN4O2S/c24-18-11-5-4-10-17(18)22-26-25-21(31-22)16-9-6-12-28(14-16)23(29)19-13-20(30-27-19)15-7-2-1-3-8-15/h1-5,7-8,10-11,13,16H,6,9,12,14H2/t16-/m0/s1. The second kappa shape index (κ2) is 8.39. The van der Waals surface area contributed by atoms with E-state index >= 15 is 0 Å². The number of carbonyl (C=O) groups is 1. The lowest BCUT2D eigenvalue weighted by atomic mass is 9.98. The molecule has 31 heavy (non-hydrogen) atoms. The molecule has 8 heteroatoms. The Kier molecular flexibility index (Phi) is 5.30. The van der Waals surface area contributed by atoms with Crippen LogP contribution in [0.1, 0.15) is 34.3 Å². The summed E-state index contributed by atoms with van der Waals surface area (Å²) in [6.07, 6.45) is 1.76. The van der Waals surface area contributed by atoms with Gasteiger partial charge in [0, 0.05) is 36.2 Å². The van der Waals surface area contributed by atoms with Gasteiger partial charge in [-0.1, -0.05) is 59.0 Å². The molecule has 0 spiro atoms. The van der Waals surface area contributed by atoms with E-state index < -0.39 is 0 Å². The first-order valence-electron chi connectivity index (χ1n) is 10.1. The van der Waals surface area contributed by atoms with Crippen molar-refractivity contribution in [2.24, 2.45) is 0 Å². The Morgan fingerprint density at radius 2 is 1.90 bits per heavy atom. The van der Waals surface area contributed by atoms with Crippen molar-refractivity contribution in [1.29, 1.82) is 0 Å². The summed E-state index contributed by atoms with van der Waals surface area (Å²) in [5, 5.41) is 13.8. The highest BCUT2D eigenvalue weighted by Gasteiger charge is 2.29. The van der Waals surface area contributed by atoms with Crippen LogP contribution < -0.4 is 0 Å². The van der Waals surface area contributed by atoms with E-state index in [2.05, 4.69) is 15.4 Å². The van der Waals surface area contributed by atoms with Crippen LogP contribution in [-0.4, -0.2) is 39.3 Å². The summed E-state index contributed by atoms with van der Waals surface area (Å²) < 4.78 is 19.5. The van der Waals surface area contributed by atoms with Crippen molar-refractivity contribution in [3.63, 3.8) is 0 Å². The fourth-order valence-electron chi connectivity index (χ4n) is 3.78. The molecule has 1 fully saturated rings. The minimum absolute atomic E-state index is 0.0659. The summed E-state index contributed by atoms with van der Waals surface area (Å²) in [6.45, 7) is 1.18. The van der Waals surface area contributed by atoms with Crippen molar-refractivity contribution in [3.8, 4) is 21.9 Å². The fraction of sp³-hybridized carbons (Fsp3) is 0.217. The van der Waals surface area contributed by atoms with Gasteiger partial charge in [-0.15, -0.1) is 10.2 Å². The van der Waals surface area contributed by atoms with E-state index in [0.717, 1.165) is 23.4 Å². The Hall–Kier alpha value is -3.39. The highest BCUT2D eigenvalue weighted by Crippen LogP contribution is 2.34. The van der Waals surface area contributed by atoms with Crippen molar-refractivity contribution in [2.45, 2.75) is 18.8 Å². The van der Waals surface area contributed by atoms with Crippen LogP contribution in [0.4, 0.5) is 4.39 Å². The van der Waals surface area contributed by atoms with E-state index in [4.69, 9.17) is 4.52 Å². The molecule has 0 radical (unpaired) electrons. The van der Waals surface area contributed by atoms with Gasteiger partial charge >= 0.3 is 0 Å². The Labute approximate surface area is 182 Å². The van der Waals surface area contributed by atoms with E-state index in [-0.39, 0.29) is 17.6 Å². The third kappa shape index (κ3) is 3.98. The zero-order chi connectivity index (χ0) is 21.2. The summed E-state index contributed by atoms with van der Waals surface area (Å²) in [4.78, 5) is 14.8. The highest BCUT2D eigenvalue weighted by molar-refractivity contribution is 7.14. The Morgan fingerprint density at radius 1 is 1.10 bits per heavy atom. The van der Waals surface area contributed by atoms with Gasteiger partial charge in [0.05, 0.1) is 0 Å². The quantitative estimate of drug-likeness (QED) is 0.451. The summed E-state index contributed by atoms with van der Waals surface area (Å²) >= 11 is 1.38. The third-order valence-electron chi connectivity index (χ3n) is 5.39. The Bertz CT molecular complexity index is 1210. The number of aromatic nitrogens is 3. The Morgan fingerprint density at radius 3 is 2.74 bits per heavy atom. The minimum atomic E-state index is -0.314. The normalized spacial score (nSPS) is 16.4. The van der Waals surface area contributed by atoms with Gasteiger partial charge in [-0.2, -0.15) is 0 Å². The summed E-state index contributed by atoms with van der Waals surface area (Å²) in [5.74, 6) is 0.160. The van der Waals surface area contributed by atoms with Crippen LogP contribution in [0.25, 0.3) is 21.9 Å². The van der Waals surface area contributed by atoms with E-state index in [1.165, 1.54) is 17.4 Å². The summed E-state index contributed by atoms with van der Waals surface area (Å²) in [6, 6.07) is 17.8. The maximum atomic E-state index is 14.1. The highest BCUT2D eigenvalue weighted by atomic mass is 32.1. The molecule has 1 atom stereocenters. The van der Waals surface area contributed by atoms with Crippen LogP contribution in [0.2, 0.25) is 0 Å². The third-order valence-corrected chi connectivity index (χ3v) is 6.51.